The molecular weight excluding hydrogens is 178 g/mol. The number of ether oxygens (including phenoxy) is 1. The maximum atomic E-state index is 9.17. The molecule has 0 amide bonds. The van der Waals surface area contributed by atoms with Crippen LogP contribution in [0.25, 0.3) is 0 Å². The van der Waals surface area contributed by atoms with Crippen LogP contribution in [0, 0.1) is 6.92 Å². The van der Waals surface area contributed by atoms with Gasteiger partial charge in [0.1, 0.15) is 11.4 Å². The Hall–Kier alpha value is -1.22. The summed E-state index contributed by atoms with van der Waals surface area (Å²) in [6, 6.07) is 5.99. The molecule has 0 saturated heterocycles. The lowest BCUT2D eigenvalue weighted by molar-refractivity contribution is 0.0311. The summed E-state index contributed by atoms with van der Waals surface area (Å²) in [6.07, 6.45) is 0. The predicted molar refractivity (Wildman–Crippen MR) is 55.8 cm³/mol. The minimum Gasteiger partial charge on any atom is -0.481 e. The van der Waals surface area contributed by atoms with Gasteiger partial charge in [-0.2, -0.15) is 0 Å². The fraction of sp³-hybridized carbons (Fsp3) is 0.455. The zero-order valence-electron chi connectivity index (χ0n) is 8.50. The van der Waals surface area contributed by atoms with E-state index in [-0.39, 0.29) is 6.61 Å². The Morgan fingerprint density at radius 3 is 3.07 bits per heavy atom. The number of rotatable bonds is 1. The van der Waals surface area contributed by atoms with E-state index in [9.17, 15) is 0 Å². The first-order valence-corrected chi connectivity index (χ1v) is 4.77. The van der Waals surface area contributed by atoms with Gasteiger partial charge in [-0.15, -0.1) is 0 Å². The highest BCUT2D eigenvalue weighted by atomic mass is 16.5. The van der Waals surface area contributed by atoms with E-state index >= 15 is 0 Å². The van der Waals surface area contributed by atoms with Crippen LogP contribution in [0.15, 0.2) is 18.2 Å². The standard InChI is InChI=1S/C11H15NO2/c1-8-3-4-10-9(5-8)12-6-11(2,7-13)14-10/h3-5,12-13H,6-7H2,1-2H3. The Kier molecular flexibility index (Phi) is 2.11. The first-order chi connectivity index (χ1) is 6.63. The van der Waals surface area contributed by atoms with Crippen LogP contribution < -0.4 is 10.1 Å². The number of anilines is 1. The zero-order valence-corrected chi connectivity index (χ0v) is 8.50. The molecule has 1 aromatic carbocycles. The lowest BCUT2D eigenvalue weighted by atomic mass is 10.1. The molecule has 1 aliphatic rings. The molecule has 0 fully saturated rings. The number of fused-ring (bicyclic) bond motifs is 1. The maximum absolute atomic E-state index is 9.17. The smallest absolute Gasteiger partial charge is 0.146 e. The molecule has 0 spiro atoms. The van der Waals surface area contributed by atoms with Crippen LogP contribution in [-0.4, -0.2) is 23.9 Å². The lowest BCUT2D eigenvalue weighted by Crippen LogP contribution is -2.46. The predicted octanol–water partition coefficient (Wildman–Crippen LogP) is 1.55. The summed E-state index contributed by atoms with van der Waals surface area (Å²) in [6.45, 7) is 4.60. The molecule has 1 aliphatic heterocycles. The van der Waals surface area contributed by atoms with E-state index in [1.165, 1.54) is 5.56 Å². The molecule has 1 aromatic rings. The molecule has 0 saturated carbocycles. The molecule has 2 rings (SSSR count). The zero-order chi connectivity index (χ0) is 10.2. The number of aliphatic hydroxyl groups is 1. The summed E-state index contributed by atoms with van der Waals surface area (Å²) in [5.74, 6) is 0.818. The van der Waals surface area contributed by atoms with Crippen LogP contribution in [0.5, 0.6) is 5.75 Å². The van der Waals surface area contributed by atoms with Crippen molar-refractivity contribution >= 4 is 5.69 Å². The monoisotopic (exact) mass is 193 g/mol. The van der Waals surface area contributed by atoms with Crippen LogP contribution in [0.4, 0.5) is 5.69 Å². The second-order valence-corrected chi connectivity index (χ2v) is 4.06. The molecule has 76 valence electrons. The van der Waals surface area contributed by atoms with Gasteiger partial charge < -0.3 is 15.2 Å². The van der Waals surface area contributed by atoms with Crippen molar-refractivity contribution in [1.29, 1.82) is 0 Å². The average Bonchev–Trinajstić information content (AvgIpc) is 2.19. The molecule has 1 unspecified atom stereocenters. The van der Waals surface area contributed by atoms with Crippen molar-refractivity contribution in [2.75, 3.05) is 18.5 Å². The van der Waals surface area contributed by atoms with Gasteiger partial charge in [0.2, 0.25) is 0 Å². The molecule has 14 heavy (non-hydrogen) atoms. The SMILES string of the molecule is Cc1ccc2c(c1)NCC(C)(CO)O2. The minimum atomic E-state index is -0.498. The second kappa shape index (κ2) is 3.17. The van der Waals surface area contributed by atoms with Crippen molar-refractivity contribution in [1.82, 2.24) is 0 Å². The third kappa shape index (κ3) is 1.55. The first kappa shape index (κ1) is 9.34. The molecule has 1 heterocycles. The molecular formula is C11H15NO2. The number of hydrogen-bond acceptors (Lipinski definition) is 3. The number of benzene rings is 1. The lowest BCUT2D eigenvalue weighted by Gasteiger charge is -2.35. The second-order valence-electron chi connectivity index (χ2n) is 4.06. The van der Waals surface area contributed by atoms with Gasteiger partial charge in [0.25, 0.3) is 0 Å². The molecule has 3 nitrogen and oxygen atoms in total. The summed E-state index contributed by atoms with van der Waals surface area (Å²) in [4.78, 5) is 0. The molecule has 0 bridgehead atoms. The van der Waals surface area contributed by atoms with E-state index in [0.717, 1.165) is 11.4 Å². The highest BCUT2D eigenvalue weighted by Gasteiger charge is 2.30. The van der Waals surface area contributed by atoms with Gasteiger partial charge in [0.05, 0.1) is 18.8 Å². The fourth-order valence-corrected chi connectivity index (χ4v) is 1.54. The van der Waals surface area contributed by atoms with Crippen LogP contribution in [0.1, 0.15) is 12.5 Å². The van der Waals surface area contributed by atoms with Gasteiger partial charge >= 0.3 is 0 Å². The summed E-state index contributed by atoms with van der Waals surface area (Å²) >= 11 is 0. The fourth-order valence-electron chi connectivity index (χ4n) is 1.54. The molecule has 2 N–H and O–H groups in total. The van der Waals surface area contributed by atoms with Crippen molar-refractivity contribution in [2.24, 2.45) is 0 Å². The molecule has 0 aromatic heterocycles. The Balaban J connectivity index is 2.31. The quantitative estimate of drug-likeness (QED) is 0.711. The Bertz CT molecular complexity index is 351. The number of aryl methyl sites for hydroxylation is 1. The average molecular weight is 193 g/mol. The maximum Gasteiger partial charge on any atom is 0.146 e. The Morgan fingerprint density at radius 2 is 2.36 bits per heavy atom. The number of nitrogens with one attached hydrogen (secondary N) is 1. The van der Waals surface area contributed by atoms with Crippen molar-refractivity contribution in [3.8, 4) is 5.75 Å². The van der Waals surface area contributed by atoms with Crippen LogP contribution in [-0.2, 0) is 0 Å². The molecule has 0 radical (unpaired) electrons. The van der Waals surface area contributed by atoms with Crippen LogP contribution in [0.2, 0.25) is 0 Å². The van der Waals surface area contributed by atoms with Gasteiger partial charge in [-0.05, 0) is 31.5 Å². The van der Waals surface area contributed by atoms with E-state index in [1.54, 1.807) is 0 Å². The van der Waals surface area contributed by atoms with Crippen molar-refractivity contribution < 1.29 is 9.84 Å². The first-order valence-electron chi connectivity index (χ1n) is 4.77. The minimum absolute atomic E-state index is 0.0211. The summed E-state index contributed by atoms with van der Waals surface area (Å²) in [7, 11) is 0. The Labute approximate surface area is 83.7 Å². The van der Waals surface area contributed by atoms with Crippen LogP contribution in [0.3, 0.4) is 0 Å². The third-order valence-corrected chi connectivity index (χ3v) is 2.48. The highest BCUT2D eigenvalue weighted by Crippen LogP contribution is 2.33. The molecule has 3 heteroatoms. The third-order valence-electron chi connectivity index (χ3n) is 2.48. The van der Waals surface area contributed by atoms with Crippen LogP contribution >= 0.6 is 0 Å². The number of hydrogen-bond donors (Lipinski definition) is 2. The normalized spacial score (nSPS) is 24.8. The van der Waals surface area contributed by atoms with E-state index in [1.807, 2.05) is 32.0 Å². The van der Waals surface area contributed by atoms with E-state index in [4.69, 9.17) is 9.84 Å². The number of aliphatic hydroxyl groups excluding tert-OH is 1. The molecule has 0 aliphatic carbocycles. The highest BCUT2D eigenvalue weighted by molar-refractivity contribution is 5.59. The largest absolute Gasteiger partial charge is 0.481 e. The van der Waals surface area contributed by atoms with Crippen molar-refractivity contribution in [3.05, 3.63) is 23.8 Å². The summed E-state index contributed by atoms with van der Waals surface area (Å²) in [5.41, 5.74) is 1.71. The van der Waals surface area contributed by atoms with Crippen molar-refractivity contribution in [2.45, 2.75) is 19.4 Å². The topological polar surface area (TPSA) is 41.5 Å². The van der Waals surface area contributed by atoms with Gasteiger partial charge in [-0.1, -0.05) is 6.07 Å². The van der Waals surface area contributed by atoms with Gasteiger partial charge in [0.15, 0.2) is 0 Å². The van der Waals surface area contributed by atoms with Gasteiger partial charge in [-0.3, -0.25) is 0 Å². The van der Waals surface area contributed by atoms with E-state index < -0.39 is 5.60 Å². The van der Waals surface area contributed by atoms with Gasteiger partial charge in [-0.25, -0.2) is 0 Å². The summed E-state index contributed by atoms with van der Waals surface area (Å²) in [5, 5.41) is 12.4. The van der Waals surface area contributed by atoms with Gasteiger partial charge in [0, 0.05) is 0 Å². The molecule has 1 atom stereocenters. The Morgan fingerprint density at radius 1 is 1.57 bits per heavy atom. The summed E-state index contributed by atoms with van der Waals surface area (Å²) < 4.78 is 5.71. The van der Waals surface area contributed by atoms with E-state index in [0.29, 0.717) is 6.54 Å². The van der Waals surface area contributed by atoms with E-state index in [2.05, 4.69) is 5.32 Å². The van der Waals surface area contributed by atoms with Crippen molar-refractivity contribution in [3.63, 3.8) is 0 Å².